The zero-order valence-corrected chi connectivity index (χ0v) is 10.7. The Hall–Kier alpha value is -0.120. The van der Waals surface area contributed by atoms with Crippen LogP contribution in [0.1, 0.15) is 44.9 Å². The highest BCUT2D eigenvalue weighted by molar-refractivity contribution is 4.95. The van der Waals surface area contributed by atoms with Crippen molar-refractivity contribution in [3.8, 4) is 0 Å². The molecule has 3 aliphatic heterocycles. The van der Waals surface area contributed by atoms with Crippen LogP contribution in [0.5, 0.6) is 0 Å². The maximum absolute atomic E-state index is 10.8. The van der Waals surface area contributed by atoms with E-state index in [9.17, 15) is 5.11 Å². The number of nitrogens with zero attached hydrogens (tertiary/aromatic N) is 1. The highest BCUT2D eigenvalue weighted by atomic mass is 16.5. The topological polar surface area (TPSA) is 32.7 Å². The monoisotopic (exact) mass is 239 g/mol. The van der Waals surface area contributed by atoms with Crippen molar-refractivity contribution in [1.82, 2.24) is 4.90 Å². The van der Waals surface area contributed by atoms with Gasteiger partial charge in [0.25, 0.3) is 0 Å². The quantitative estimate of drug-likeness (QED) is 0.797. The van der Waals surface area contributed by atoms with Gasteiger partial charge in [0.15, 0.2) is 0 Å². The van der Waals surface area contributed by atoms with Crippen LogP contribution < -0.4 is 0 Å². The lowest BCUT2D eigenvalue weighted by Crippen LogP contribution is -2.48. The molecule has 3 fully saturated rings. The number of hydrogen-bond acceptors (Lipinski definition) is 3. The normalized spacial score (nSPS) is 40.4. The number of rotatable bonds is 2. The Morgan fingerprint density at radius 2 is 2.00 bits per heavy atom. The van der Waals surface area contributed by atoms with E-state index in [4.69, 9.17) is 4.74 Å². The second-order valence-electron chi connectivity index (χ2n) is 6.27. The molecule has 3 heterocycles. The summed E-state index contributed by atoms with van der Waals surface area (Å²) < 4.78 is 5.40. The molecule has 0 saturated carbocycles. The Bertz CT molecular complexity index is 265. The van der Waals surface area contributed by atoms with Gasteiger partial charge in [-0.3, -0.25) is 0 Å². The highest BCUT2D eigenvalue weighted by Crippen LogP contribution is 2.38. The molecule has 1 N–H and O–H groups in total. The van der Waals surface area contributed by atoms with Crippen LogP contribution in [0.25, 0.3) is 0 Å². The Kier molecular flexibility index (Phi) is 3.42. The fourth-order valence-electron chi connectivity index (χ4n) is 3.99. The van der Waals surface area contributed by atoms with Gasteiger partial charge in [-0.2, -0.15) is 0 Å². The van der Waals surface area contributed by atoms with E-state index in [0.717, 1.165) is 51.9 Å². The summed E-state index contributed by atoms with van der Waals surface area (Å²) >= 11 is 0. The molecule has 17 heavy (non-hydrogen) atoms. The fraction of sp³-hybridized carbons (Fsp3) is 1.00. The molecule has 3 nitrogen and oxygen atoms in total. The van der Waals surface area contributed by atoms with Gasteiger partial charge in [0, 0.05) is 25.8 Å². The first-order valence-electron chi connectivity index (χ1n) is 7.29. The molecule has 2 atom stereocenters. The van der Waals surface area contributed by atoms with E-state index in [-0.39, 0.29) is 5.60 Å². The number of piperidine rings is 1. The third kappa shape index (κ3) is 2.67. The standard InChI is InChI=1S/C14H25NO2/c16-14(10-12-3-8-17-9-4-12)5-7-15-6-1-2-13(15)11-14/h12-13,16H,1-11H2. The first-order chi connectivity index (χ1) is 8.25. The van der Waals surface area contributed by atoms with Crippen molar-refractivity contribution in [3.05, 3.63) is 0 Å². The predicted molar refractivity (Wildman–Crippen MR) is 66.9 cm³/mol. The van der Waals surface area contributed by atoms with E-state index in [0.29, 0.717) is 12.0 Å². The van der Waals surface area contributed by atoms with E-state index in [1.54, 1.807) is 0 Å². The summed E-state index contributed by atoms with van der Waals surface area (Å²) in [5, 5.41) is 10.8. The highest BCUT2D eigenvalue weighted by Gasteiger charge is 2.41. The molecule has 3 heteroatoms. The third-order valence-electron chi connectivity index (χ3n) is 4.99. The van der Waals surface area contributed by atoms with Crippen LogP contribution in [0.3, 0.4) is 0 Å². The van der Waals surface area contributed by atoms with Gasteiger partial charge in [0.05, 0.1) is 5.60 Å². The Labute approximate surface area is 104 Å². The van der Waals surface area contributed by atoms with Crippen molar-refractivity contribution in [2.24, 2.45) is 5.92 Å². The molecule has 0 aromatic heterocycles. The number of ether oxygens (including phenoxy) is 1. The minimum atomic E-state index is -0.368. The summed E-state index contributed by atoms with van der Waals surface area (Å²) in [6.07, 6.45) is 7.95. The molecule has 2 unspecified atom stereocenters. The molecule has 0 spiro atoms. The molecule has 3 saturated heterocycles. The Morgan fingerprint density at radius 1 is 1.18 bits per heavy atom. The number of aliphatic hydroxyl groups is 1. The summed E-state index contributed by atoms with van der Waals surface area (Å²) in [5.74, 6) is 0.696. The van der Waals surface area contributed by atoms with Crippen LogP contribution in [0.2, 0.25) is 0 Å². The van der Waals surface area contributed by atoms with Gasteiger partial charge in [-0.15, -0.1) is 0 Å². The molecule has 3 aliphatic rings. The summed E-state index contributed by atoms with van der Waals surface area (Å²) in [6, 6.07) is 0.675. The molecular formula is C14H25NO2. The number of fused-ring (bicyclic) bond motifs is 1. The minimum Gasteiger partial charge on any atom is -0.390 e. The third-order valence-corrected chi connectivity index (χ3v) is 4.99. The SMILES string of the molecule is OC1(CC2CCOCC2)CCN2CCCC2C1. The second kappa shape index (κ2) is 4.87. The van der Waals surface area contributed by atoms with Crippen LogP contribution in [-0.4, -0.2) is 48.0 Å². The van der Waals surface area contributed by atoms with Crippen LogP contribution in [0, 0.1) is 5.92 Å². The molecule has 0 amide bonds. The van der Waals surface area contributed by atoms with Crippen LogP contribution in [0.4, 0.5) is 0 Å². The molecule has 0 aromatic carbocycles. The van der Waals surface area contributed by atoms with Crippen LogP contribution in [-0.2, 0) is 4.74 Å². The van der Waals surface area contributed by atoms with Gasteiger partial charge in [-0.05, 0) is 57.4 Å². The maximum Gasteiger partial charge on any atom is 0.0677 e. The molecule has 3 rings (SSSR count). The Balaban J connectivity index is 1.57. The summed E-state index contributed by atoms with van der Waals surface area (Å²) in [5.41, 5.74) is -0.368. The fourth-order valence-corrected chi connectivity index (χ4v) is 3.99. The number of hydrogen-bond donors (Lipinski definition) is 1. The molecule has 98 valence electrons. The lowest BCUT2D eigenvalue weighted by Gasteiger charge is -2.43. The zero-order chi connectivity index (χ0) is 11.7. The van der Waals surface area contributed by atoms with Gasteiger partial charge in [0.2, 0.25) is 0 Å². The van der Waals surface area contributed by atoms with Crippen molar-refractivity contribution in [3.63, 3.8) is 0 Å². The first kappa shape index (κ1) is 11.9. The maximum atomic E-state index is 10.8. The lowest BCUT2D eigenvalue weighted by molar-refractivity contribution is -0.0634. The summed E-state index contributed by atoms with van der Waals surface area (Å²) in [6.45, 7) is 4.18. The largest absolute Gasteiger partial charge is 0.390 e. The average Bonchev–Trinajstić information content (AvgIpc) is 2.76. The second-order valence-corrected chi connectivity index (χ2v) is 6.27. The minimum absolute atomic E-state index is 0.368. The first-order valence-corrected chi connectivity index (χ1v) is 7.29. The van der Waals surface area contributed by atoms with E-state index >= 15 is 0 Å². The predicted octanol–water partition coefficient (Wildman–Crippen LogP) is 1.79. The van der Waals surface area contributed by atoms with Gasteiger partial charge in [-0.25, -0.2) is 0 Å². The van der Waals surface area contributed by atoms with E-state index in [1.807, 2.05) is 0 Å². The van der Waals surface area contributed by atoms with Gasteiger partial charge < -0.3 is 14.7 Å². The summed E-state index contributed by atoms with van der Waals surface area (Å²) in [4.78, 5) is 2.58. The zero-order valence-electron chi connectivity index (χ0n) is 10.7. The van der Waals surface area contributed by atoms with Crippen molar-refractivity contribution in [2.45, 2.75) is 56.6 Å². The molecule has 0 bridgehead atoms. The average molecular weight is 239 g/mol. The van der Waals surface area contributed by atoms with Crippen molar-refractivity contribution >= 4 is 0 Å². The van der Waals surface area contributed by atoms with Gasteiger partial charge >= 0.3 is 0 Å². The van der Waals surface area contributed by atoms with E-state index < -0.39 is 0 Å². The molecular weight excluding hydrogens is 214 g/mol. The van der Waals surface area contributed by atoms with E-state index in [2.05, 4.69) is 4.90 Å². The van der Waals surface area contributed by atoms with Crippen LogP contribution in [0.15, 0.2) is 0 Å². The molecule has 0 radical (unpaired) electrons. The van der Waals surface area contributed by atoms with Crippen molar-refractivity contribution in [1.29, 1.82) is 0 Å². The van der Waals surface area contributed by atoms with Crippen molar-refractivity contribution < 1.29 is 9.84 Å². The van der Waals surface area contributed by atoms with Gasteiger partial charge in [-0.1, -0.05) is 0 Å². The smallest absolute Gasteiger partial charge is 0.0677 e. The van der Waals surface area contributed by atoms with Gasteiger partial charge in [0.1, 0.15) is 0 Å². The lowest BCUT2D eigenvalue weighted by atomic mass is 9.78. The van der Waals surface area contributed by atoms with Crippen molar-refractivity contribution in [2.75, 3.05) is 26.3 Å². The van der Waals surface area contributed by atoms with E-state index in [1.165, 1.54) is 19.4 Å². The van der Waals surface area contributed by atoms with Crippen LogP contribution >= 0.6 is 0 Å². The Morgan fingerprint density at radius 3 is 2.82 bits per heavy atom. The summed E-state index contributed by atoms with van der Waals surface area (Å²) in [7, 11) is 0. The molecule has 0 aromatic rings. The molecule has 0 aliphatic carbocycles.